The van der Waals surface area contributed by atoms with Crippen molar-refractivity contribution < 1.29 is 14.3 Å². The van der Waals surface area contributed by atoms with E-state index in [9.17, 15) is 9.59 Å². The van der Waals surface area contributed by atoms with Gasteiger partial charge in [-0.1, -0.05) is 25.0 Å². The van der Waals surface area contributed by atoms with Crippen LogP contribution in [0.25, 0.3) is 0 Å². The Morgan fingerprint density at radius 3 is 2.52 bits per heavy atom. The van der Waals surface area contributed by atoms with E-state index in [0.29, 0.717) is 13.2 Å². The van der Waals surface area contributed by atoms with Crippen molar-refractivity contribution in [2.24, 2.45) is 5.73 Å². The van der Waals surface area contributed by atoms with E-state index >= 15 is 0 Å². The highest BCUT2D eigenvalue weighted by Crippen LogP contribution is 2.28. The van der Waals surface area contributed by atoms with Gasteiger partial charge in [0.15, 0.2) is 6.10 Å². The minimum absolute atomic E-state index is 0.188. The van der Waals surface area contributed by atoms with Crippen LogP contribution in [0, 0.1) is 0 Å². The van der Waals surface area contributed by atoms with Gasteiger partial charge in [0.25, 0.3) is 0 Å². The summed E-state index contributed by atoms with van der Waals surface area (Å²) in [5.74, 6) is -0.539. The Morgan fingerprint density at radius 2 is 1.80 bits per heavy atom. The molecule has 0 aliphatic carbocycles. The summed E-state index contributed by atoms with van der Waals surface area (Å²) in [5, 5.41) is 3.00. The lowest BCUT2D eigenvalue weighted by Gasteiger charge is -2.32. The summed E-state index contributed by atoms with van der Waals surface area (Å²) < 4.78 is 5.30. The molecule has 1 aromatic carbocycles. The van der Waals surface area contributed by atoms with Gasteiger partial charge < -0.3 is 25.6 Å². The van der Waals surface area contributed by atoms with E-state index in [1.165, 1.54) is 25.7 Å². The number of nitrogens with two attached hydrogens (primary N) is 1. The number of para-hydroxylation sites is 2. The Morgan fingerprint density at radius 1 is 1.08 bits per heavy atom. The predicted molar refractivity (Wildman–Crippen MR) is 96.6 cm³/mol. The van der Waals surface area contributed by atoms with Gasteiger partial charge in [0.2, 0.25) is 5.91 Å². The number of nitrogens with one attached hydrogen (secondary N) is 1. The molecule has 25 heavy (non-hydrogen) atoms. The van der Waals surface area contributed by atoms with Crippen LogP contribution in [-0.4, -0.2) is 55.7 Å². The fourth-order valence-corrected chi connectivity index (χ4v) is 3.37. The van der Waals surface area contributed by atoms with Crippen molar-refractivity contribution in [3.63, 3.8) is 0 Å². The topological polar surface area (TPSA) is 87.9 Å². The van der Waals surface area contributed by atoms with Crippen molar-refractivity contribution in [2.75, 3.05) is 43.0 Å². The minimum atomic E-state index is -0.736. The molecule has 0 unspecified atom stereocenters. The molecule has 2 aliphatic heterocycles. The molecule has 2 saturated heterocycles. The molecule has 0 radical (unpaired) electrons. The third-order valence-electron chi connectivity index (χ3n) is 4.76. The largest absolute Gasteiger partial charge is 0.370 e. The van der Waals surface area contributed by atoms with Gasteiger partial charge in [0.1, 0.15) is 0 Å². The van der Waals surface area contributed by atoms with Gasteiger partial charge in [-0.2, -0.15) is 0 Å². The standard InChI is InChI=1S/C18H26N4O3/c19-17(23)16-13-22(11-12-25-16)18(24)20-14-7-3-4-8-15(14)21-9-5-1-2-6-10-21/h3-4,7-8,16H,1-2,5-6,9-13H2,(H2,19,23)(H,20,24)/t16-/m0/s1. The van der Waals surface area contributed by atoms with Crippen LogP contribution in [-0.2, 0) is 9.53 Å². The van der Waals surface area contributed by atoms with Crippen LogP contribution < -0.4 is 16.0 Å². The van der Waals surface area contributed by atoms with Gasteiger partial charge in [-0.05, 0) is 25.0 Å². The first-order valence-electron chi connectivity index (χ1n) is 8.96. The summed E-state index contributed by atoms with van der Waals surface area (Å²) in [6.45, 7) is 2.96. The predicted octanol–water partition coefficient (Wildman–Crippen LogP) is 1.78. The Hall–Kier alpha value is -2.28. The van der Waals surface area contributed by atoms with Crippen LogP contribution in [0.2, 0.25) is 0 Å². The number of anilines is 2. The van der Waals surface area contributed by atoms with Gasteiger partial charge in [-0.3, -0.25) is 4.79 Å². The molecular weight excluding hydrogens is 320 g/mol. The first-order valence-corrected chi connectivity index (χ1v) is 8.96. The van der Waals surface area contributed by atoms with E-state index in [-0.39, 0.29) is 12.6 Å². The highest BCUT2D eigenvalue weighted by molar-refractivity contribution is 5.93. The van der Waals surface area contributed by atoms with Gasteiger partial charge in [0.05, 0.1) is 24.5 Å². The Kier molecular flexibility index (Phi) is 5.75. The van der Waals surface area contributed by atoms with E-state index < -0.39 is 12.0 Å². The third-order valence-corrected chi connectivity index (χ3v) is 4.76. The zero-order valence-electron chi connectivity index (χ0n) is 14.4. The van der Waals surface area contributed by atoms with E-state index in [0.717, 1.165) is 24.5 Å². The maximum atomic E-state index is 12.6. The van der Waals surface area contributed by atoms with Crippen LogP contribution in [0.1, 0.15) is 25.7 Å². The van der Waals surface area contributed by atoms with E-state index in [2.05, 4.69) is 10.2 Å². The monoisotopic (exact) mass is 346 g/mol. The molecule has 0 aromatic heterocycles. The van der Waals surface area contributed by atoms with E-state index in [1.807, 2.05) is 24.3 Å². The minimum Gasteiger partial charge on any atom is -0.370 e. The molecule has 136 valence electrons. The van der Waals surface area contributed by atoms with Crippen LogP contribution in [0.15, 0.2) is 24.3 Å². The number of amides is 3. The molecular formula is C18H26N4O3. The molecule has 1 aromatic rings. The second-order valence-electron chi connectivity index (χ2n) is 6.56. The maximum Gasteiger partial charge on any atom is 0.322 e. The molecule has 2 aliphatic rings. The summed E-state index contributed by atoms with van der Waals surface area (Å²) in [4.78, 5) is 27.9. The average Bonchev–Trinajstić information content (AvgIpc) is 2.91. The maximum absolute atomic E-state index is 12.6. The second kappa shape index (κ2) is 8.20. The molecule has 7 heteroatoms. The summed E-state index contributed by atoms with van der Waals surface area (Å²) >= 11 is 0. The van der Waals surface area contributed by atoms with Gasteiger partial charge in [0, 0.05) is 19.6 Å². The molecule has 7 nitrogen and oxygen atoms in total. The van der Waals surface area contributed by atoms with Crippen molar-refractivity contribution in [3.8, 4) is 0 Å². The molecule has 0 spiro atoms. The van der Waals surface area contributed by atoms with Crippen LogP contribution in [0.3, 0.4) is 0 Å². The van der Waals surface area contributed by atoms with Crippen molar-refractivity contribution in [1.82, 2.24) is 4.90 Å². The SMILES string of the molecule is NC(=O)[C@@H]1CN(C(=O)Nc2ccccc2N2CCCCCC2)CCO1. The van der Waals surface area contributed by atoms with Gasteiger partial charge >= 0.3 is 6.03 Å². The highest BCUT2D eigenvalue weighted by atomic mass is 16.5. The second-order valence-corrected chi connectivity index (χ2v) is 6.56. The Bertz CT molecular complexity index is 614. The number of primary amides is 1. The molecule has 2 heterocycles. The number of carbonyl (C=O) groups excluding carboxylic acids is 2. The third kappa shape index (κ3) is 4.42. The van der Waals surface area contributed by atoms with Crippen LogP contribution in [0.5, 0.6) is 0 Å². The normalized spacial score (nSPS) is 21.5. The van der Waals surface area contributed by atoms with Crippen molar-refractivity contribution in [2.45, 2.75) is 31.8 Å². The quantitative estimate of drug-likeness (QED) is 0.873. The number of rotatable bonds is 3. The van der Waals surface area contributed by atoms with Crippen LogP contribution in [0.4, 0.5) is 16.2 Å². The van der Waals surface area contributed by atoms with E-state index in [1.54, 1.807) is 4.90 Å². The smallest absolute Gasteiger partial charge is 0.322 e. The zero-order chi connectivity index (χ0) is 17.6. The molecule has 3 N–H and O–H groups in total. The zero-order valence-corrected chi connectivity index (χ0v) is 14.4. The number of morpholine rings is 1. The summed E-state index contributed by atoms with van der Waals surface area (Å²) in [6.07, 6.45) is 4.12. The Labute approximate surface area is 148 Å². The highest BCUT2D eigenvalue weighted by Gasteiger charge is 2.28. The lowest BCUT2D eigenvalue weighted by molar-refractivity contribution is -0.133. The lowest BCUT2D eigenvalue weighted by atomic mass is 10.2. The molecule has 3 amide bonds. The van der Waals surface area contributed by atoms with Gasteiger partial charge in [-0.25, -0.2) is 4.79 Å². The summed E-state index contributed by atoms with van der Waals surface area (Å²) in [5.41, 5.74) is 7.15. The fourth-order valence-electron chi connectivity index (χ4n) is 3.37. The van der Waals surface area contributed by atoms with Gasteiger partial charge in [-0.15, -0.1) is 0 Å². The van der Waals surface area contributed by atoms with E-state index in [4.69, 9.17) is 10.5 Å². The molecule has 0 bridgehead atoms. The number of nitrogens with zero attached hydrogens (tertiary/aromatic N) is 2. The fraction of sp³-hybridized carbons (Fsp3) is 0.556. The number of benzene rings is 1. The average molecular weight is 346 g/mol. The molecule has 2 fully saturated rings. The van der Waals surface area contributed by atoms with Crippen LogP contribution >= 0.6 is 0 Å². The lowest BCUT2D eigenvalue weighted by Crippen LogP contribution is -2.51. The number of hydrogen-bond acceptors (Lipinski definition) is 4. The number of hydrogen-bond donors (Lipinski definition) is 2. The molecule has 0 saturated carbocycles. The number of urea groups is 1. The molecule has 1 atom stereocenters. The number of ether oxygens (including phenoxy) is 1. The summed E-state index contributed by atoms with van der Waals surface area (Å²) in [6, 6.07) is 7.66. The Balaban J connectivity index is 1.69. The van der Waals surface area contributed by atoms with Crippen molar-refractivity contribution in [1.29, 1.82) is 0 Å². The number of carbonyl (C=O) groups is 2. The summed E-state index contributed by atoms with van der Waals surface area (Å²) in [7, 11) is 0. The first kappa shape index (κ1) is 17.5. The van der Waals surface area contributed by atoms with Crippen molar-refractivity contribution in [3.05, 3.63) is 24.3 Å². The first-order chi connectivity index (χ1) is 12.1. The molecule has 3 rings (SSSR count). The van der Waals surface area contributed by atoms with Crippen molar-refractivity contribution >= 4 is 23.3 Å².